The maximum absolute atomic E-state index is 13.4. The van der Waals surface area contributed by atoms with E-state index in [1.165, 1.54) is 24.3 Å². The average Bonchev–Trinajstić information content (AvgIpc) is 2.38. The number of sulfonamides is 1. The Labute approximate surface area is 119 Å². The highest BCUT2D eigenvalue weighted by molar-refractivity contribution is 7.91. The summed E-state index contributed by atoms with van der Waals surface area (Å²) in [5.41, 5.74) is 5.71. The van der Waals surface area contributed by atoms with E-state index in [0.717, 1.165) is 0 Å². The van der Waals surface area contributed by atoms with Gasteiger partial charge in [0.15, 0.2) is 11.6 Å². The van der Waals surface area contributed by atoms with Crippen LogP contribution in [0.1, 0.15) is 5.56 Å². The summed E-state index contributed by atoms with van der Waals surface area (Å²) in [6, 6.07) is 6.75. The van der Waals surface area contributed by atoms with Gasteiger partial charge in [0.05, 0.1) is 11.4 Å². The van der Waals surface area contributed by atoms with E-state index in [0.29, 0.717) is 17.3 Å². The molecule has 0 amide bonds. The Balaban J connectivity index is 2.21. The molecule has 0 atom stereocenters. The smallest absolute Gasteiger partial charge is 0.237 e. The zero-order valence-electron chi connectivity index (χ0n) is 10.6. The van der Waals surface area contributed by atoms with Gasteiger partial charge in [-0.2, -0.15) is 0 Å². The van der Waals surface area contributed by atoms with Gasteiger partial charge in [-0.15, -0.1) is 0 Å². The Kier molecular flexibility index (Phi) is 4.08. The summed E-state index contributed by atoms with van der Waals surface area (Å²) in [6.07, 6.45) is 0. The number of hydrogen-bond acceptors (Lipinski definition) is 3. The minimum absolute atomic E-state index is 0.274. The van der Waals surface area contributed by atoms with Gasteiger partial charge in [0.1, 0.15) is 5.82 Å². The molecule has 2 aromatic rings. The van der Waals surface area contributed by atoms with Crippen LogP contribution in [0, 0.1) is 17.5 Å². The molecule has 0 heterocycles. The molecule has 2 aromatic carbocycles. The predicted octanol–water partition coefficient (Wildman–Crippen LogP) is 2.63. The molecule has 0 aliphatic carbocycles. The molecule has 0 saturated carbocycles. The van der Waals surface area contributed by atoms with Gasteiger partial charge in [-0.3, -0.25) is 4.72 Å². The number of halogens is 3. The second kappa shape index (κ2) is 5.65. The van der Waals surface area contributed by atoms with E-state index < -0.39 is 38.9 Å². The molecule has 21 heavy (non-hydrogen) atoms. The molecule has 2 rings (SSSR count). The first-order valence-corrected chi connectivity index (χ1v) is 7.41. The van der Waals surface area contributed by atoms with Crippen LogP contribution in [0.5, 0.6) is 0 Å². The summed E-state index contributed by atoms with van der Waals surface area (Å²) < 4.78 is 64.8. The Bertz CT molecular complexity index is 762. The van der Waals surface area contributed by atoms with Crippen molar-refractivity contribution in [2.45, 2.75) is 5.75 Å². The third kappa shape index (κ3) is 3.88. The van der Waals surface area contributed by atoms with Crippen LogP contribution in [0.25, 0.3) is 0 Å². The van der Waals surface area contributed by atoms with Gasteiger partial charge >= 0.3 is 0 Å². The number of hydrogen-bond donors (Lipinski definition) is 2. The Morgan fingerprint density at radius 2 is 1.52 bits per heavy atom. The van der Waals surface area contributed by atoms with Crippen LogP contribution in [0.4, 0.5) is 24.5 Å². The number of nitrogen functional groups attached to an aromatic ring is 1. The third-order valence-corrected chi connectivity index (χ3v) is 3.86. The monoisotopic (exact) mass is 316 g/mol. The van der Waals surface area contributed by atoms with Crippen molar-refractivity contribution in [1.82, 2.24) is 0 Å². The van der Waals surface area contributed by atoms with Crippen molar-refractivity contribution in [3.05, 3.63) is 59.4 Å². The highest BCUT2D eigenvalue weighted by Gasteiger charge is 2.17. The van der Waals surface area contributed by atoms with Gasteiger partial charge in [0.25, 0.3) is 0 Å². The van der Waals surface area contributed by atoms with Gasteiger partial charge in [-0.1, -0.05) is 12.1 Å². The lowest BCUT2D eigenvalue weighted by atomic mass is 10.2. The van der Waals surface area contributed by atoms with Crippen molar-refractivity contribution >= 4 is 21.4 Å². The number of benzene rings is 2. The second-order valence-electron chi connectivity index (χ2n) is 4.35. The summed E-state index contributed by atoms with van der Waals surface area (Å²) in [6.45, 7) is 0. The third-order valence-electron chi connectivity index (χ3n) is 2.61. The number of nitrogens with one attached hydrogen (secondary N) is 1. The van der Waals surface area contributed by atoms with Crippen LogP contribution >= 0.6 is 0 Å². The summed E-state index contributed by atoms with van der Waals surface area (Å²) >= 11 is 0. The molecule has 0 aliphatic rings. The van der Waals surface area contributed by atoms with Crippen LogP contribution in [-0.2, 0) is 15.8 Å². The fourth-order valence-electron chi connectivity index (χ4n) is 1.64. The molecular formula is C13H11F3N2O2S. The normalized spacial score (nSPS) is 11.4. The van der Waals surface area contributed by atoms with Crippen LogP contribution in [0.3, 0.4) is 0 Å². The summed E-state index contributed by atoms with van der Waals surface area (Å²) in [7, 11) is -3.97. The lowest BCUT2D eigenvalue weighted by molar-refractivity contribution is 0.496. The second-order valence-corrected chi connectivity index (χ2v) is 6.07. The molecule has 8 heteroatoms. The van der Waals surface area contributed by atoms with E-state index in [9.17, 15) is 21.6 Å². The van der Waals surface area contributed by atoms with Gasteiger partial charge < -0.3 is 5.73 Å². The molecule has 0 aliphatic heterocycles. The first-order chi connectivity index (χ1) is 9.77. The van der Waals surface area contributed by atoms with Crippen LogP contribution in [-0.4, -0.2) is 8.42 Å². The lowest BCUT2D eigenvalue weighted by Gasteiger charge is -2.09. The quantitative estimate of drug-likeness (QED) is 0.673. The highest BCUT2D eigenvalue weighted by Crippen LogP contribution is 2.20. The van der Waals surface area contributed by atoms with Crippen molar-refractivity contribution in [3.63, 3.8) is 0 Å². The minimum atomic E-state index is -3.97. The van der Waals surface area contributed by atoms with Crippen molar-refractivity contribution in [2.75, 3.05) is 10.5 Å². The first-order valence-electron chi connectivity index (χ1n) is 5.76. The Morgan fingerprint density at radius 1 is 0.952 bits per heavy atom. The zero-order valence-corrected chi connectivity index (χ0v) is 11.4. The fourth-order valence-corrected chi connectivity index (χ4v) is 2.83. The summed E-state index contributed by atoms with van der Waals surface area (Å²) in [5.74, 6) is -4.39. The number of nitrogens with two attached hydrogens (primary N) is 1. The maximum Gasteiger partial charge on any atom is 0.237 e. The summed E-state index contributed by atoms with van der Waals surface area (Å²) in [4.78, 5) is 0. The van der Waals surface area contributed by atoms with Crippen molar-refractivity contribution in [2.24, 2.45) is 0 Å². The van der Waals surface area contributed by atoms with Gasteiger partial charge in [0, 0.05) is 17.8 Å². The molecule has 112 valence electrons. The molecule has 0 unspecified atom stereocenters. The van der Waals surface area contributed by atoms with Gasteiger partial charge in [0.2, 0.25) is 10.0 Å². The van der Waals surface area contributed by atoms with Crippen LogP contribution < -0.4 is 10.5 Å². The SMILES string of the molecule is Nc1ccc(CS(=O)(=O)Nc2cc(F)c(F)cc2F)cc1. The highest BCUT2D eigenvalue weighted by atomic mass is 32.2. The van der Waals surface area contributed by atoms with Crippen molar-refractivity contribution < 1.29 is 21.6 Å². The number of anilines is 2. The maximum atomic E-state index is 13.4. The molecule has 4 nitrogen and oxygen atoms in total. The average molecular weight is 316 g/mol. The largest absolute Gasteiger partial charge is 0.399 e. The van der Waals surface area contributed by atoms with Crippen LogP contribution in [0.2, 0.25) is 0 Å². The lowest BCUT2D eigenvalue weighted by Crippen LogP contribution is -2.16. The predicted molar refractivity (Wildman–Crippen MR) is 73.4 cm³/mol. The molecule has 0 saturated heterocycles. The molecule has 0 bridgehead atoms. The van der Waals surface area contributed by atoms with Gasteiger partial charge in [-0.05, 0) is 17.7 Å². The zero-order chi connectivity index (χ0) is 15.6. The minimum Gasteiger partial charge on any atom is -0.399 e. The van der Waals surface area contributed by atoms with Crippen molar-refractivity contribution in [3.8, 4) is 0 Å². The molecular weight excluding hydrogens is 305 g/mol. The van der Waals surface area contributed by atoms with E-state index in [4.69, 9.17) is 5.73 Å². The Hall–Kier alpha value is -2.22. The van der Waals surface area contributed by atoms with E-state index >= 15 is 0 Å². The molecule has 0 spiro atoms. The molecule has 3 N–H and O–H groups in total. The van der Waals surface area contributed by atoms with E-state index in [1.54, 1.807) is 0 Å². The first kappa shape index (κ1) is 15.2. The topological polar surface area (TPSA) is 72.2 Å². The molecule has 0 radical (unpaired) electrons. The fraction of sp³-hybridized carbons (Fsp3) is 0.0769. The standard InChI is InChI=1S/C13H11F3N2O2S/c14-10-5-12(16)13(6-11(10)15)18-21(19,20)7-8-1-3-9(17)4-2-8/h1-6,18H,7,17H2. The Morgan fingerprint density at radius 3 is 2.14 bits per heavy atom. The van der Waals surface area contributed by atoms with Gasteiger partial charge in [-0.25, -0.2) is 21.6 Å². The number of rotatable bonds is 4. The van der Waals surface area contributed by atoms with E-state index in [1.807, 2.05) is 4.72 Å². The van der Waals surface area contributed by atoms with Crippen LogP contribution in [0.15, 0.2) is 36.4 Å². The van der Waals surface area contributed by atoms with Crippen molar-refractivity contribution in [1.29, 1.82) is 0 Å². The molecule has 0 aromatic heterocycles. The van der Waals surface area contributed by atoms with E-state index in [2.05, 4.69) is 0 Å². The molecule has 0 fully saturated rings. The summed E-state index contributed by atoms with van der Waals surface area (Å²) in [5, 5.41) is 0. The van der Waals surface area contributed by atoms with E-state index in [-0.39, 0.29) is 6.07 Å².